The third kappa shape index (κ3) is 5.86. The summed E-state index contributed by atoms with van der Waals surface area (Å²) in [6, 6.07) is 12.8. The van der Waals surface area contributed by atoms with Gasteiger partial charge in [0.25, 0.3) is 0 Å². The predicted octanol–water partition coefficient (Wildman–Crippen LogP) is 2.69. The molecule has 156 valence electrons. The first-order chi connectivity index (χ1) is 14.0. The molecule has 3 rings (SSSR count). The van der Waals surface area contributed by atoms with Gasteiger partial charge in [-0.1, -0.05) is 24.3 Å². The van der Waals surface area contributed by atoms with E-state index in [1.54, 1.807) is 13.3 Å². The Morgan fingerprint density at radius 2 is 2.00 bits per heavy atom. The van der Waals surface area contributed by atoms with Crippen LogP contribution in [0.2, 0.25) is 0 Å². The van der Waals surface area contributed by atoms with Crippen LogP contribution in [0.4, 0.5) is 0 Å². The number of carbonyl (C=O) groups is 1. The van der Waals surface area contributed by atoms with Crippen molar-refractivity contribution < 1.29 is 9.21 Å². The summed E-state index contributed by atoms with van der Waals surface area (Å²) in [7, 11) is 1.66. The first-order valence-electron chi connectivity index (χ1n) is 10.3. The minimum Gasteiger partial charge on any atom is -0.469 e. The molecule has 1 atom stereocenters. The fraction of sp³-hybridized carbons (Fsp3) is 0.478. The minimum atomic E-state index is -0.566. The van der Waals surface area contributed by atoms with Crippen molar-refractivity contribution in [3.05, 3.63) is 59.5 Å². The monoisotopic (exact) mass is 396 g/mol. The van der Waals surface area contributed by atoms with Crippen molar-refractivity contribution in [1.82, 2.24) is 16.0 Å². The Hall–Kier alpha value is -2.76. The molecule has 2 aromatic rings. The highest BCUT2D eigenvalue weighted by Gasteiger charge is 2.27. The first kappa shape index (κ1) is 21.0. The molecule has 0 saturated heterocycles. The lowest BCUT2D eigenvalue weighted by molar-refractivity contribution is -0.128. The summed E-state index contributed by atoms with van der Waals surface area (Å²) in [5.41, 5.74) is 2.27. The van der Waals surface area contributed by atoms with Crippen LogP contribution in [0.25, 0.3) is 0 Å². The van der Waals surface area contributed by atoms with Crippen molar-refractivity contribution in [2.45, 2.75) is 45.6 Å². The van der Waals surface area contributed by atoms with Gasteiger partial charge >= 0.3 is 0 Å². The van der Waals surface area contributed by atoms with Crippen molar-refractivity contribution in [3.8, 4) is 0 Å². The maximum atomic E-state index is 12.1. The Labute approximate surface area is 173 Å². The van der Waals surface area contributed by atoms with Crippen molar-refractivity contribution in [3.63, 3.8) is 0 Å². The van der Waals surface area contributed by atoms with Crippen molar-refractivity contribution in [1.29, 1.82) is 0 Å². The second-order valence-corrected chi connectivity index (χ2v) is 8.24. The molecular weight excluding hydrogens is 364 g/mol. The molecule has 0 bridgehead atoms. The first-order valence-corrected chi connectivity index (χ1v) is 10.3. The van der Waals surface area contributed by atoms with Gasteiger partial charge in [-0.15, -0.1) is 0 Å². The summed E-state index contributed by atoms with van der Waals surface area (Å²) in [6.07, 6.45) is 5.58. The fourth-order valence-electron chi connectivity index (χ4n) is 3.61. The molecule has 0 fully saturated rings. The molecule has 0 aliphatic heterocycles. The zero-order valence-electron chi connectivity index (χ0n) is 17.6. The maximum absolute atomic E-state index is 12.1. The van der Waals surface area contributed by atoms with Gasteiger partial charge < -0.3 is 20.4 Å². The Balaban J connectivity index is 1.64. The number of hydrogen-bond acceptors (Lipinski definition) is 3. The van der Waals surface area contributed by atoms with E-state index >= 15 is 0 Å². The smallest absolute Gasteiger partial charge is 0.227 e. The second kappa shape index (κ2) is 9.63. The lowest BCUT2D eigenvalue weighted by Gasteiger charge is -2.28. The number of amides is 1. The second-order valence-electron chi connectivity index (χ2n) is 8.24. The summed E-state index contributed by atoms with van der Waals surface area (Å²) in [5.74, 6) is 1.68. The van der Waals surface area contributed by atoms with E-state index in [9.17, 15) is 4.79 Å². The van der Waals surface area contributed by atoms with Crippen LogP contribution in [0.3, 0.4) is 0 Å². The van der Waals surface area contributed by atoms with Gasteiger partial charge in [0.05, 0.1) is 18.2 Å². The third-order valence-corrected chi connectivity index (χ3v) is 5.41. The molecule has 0 spiro atoms. The van der Waals surface area contributed by atoms with E-state index < -0.39 is 5.41 Å². The number of carbonyl (C=O) groups excluding carboxylic acids is 1. The standard InChI is InChI=1S/C23H32N4O2/c1-23(2,21(28)24-3)16-26-22(25-13-12-20-9-6-14-29-20)27-19-11-10-17-7-4-5-8-18(17)15-19/h4-9,14,19H,10-13,15-16H2,1-3H3,(H,24,28)(H2,25,26,27). The number of benzene rings is 1. The summed E-state index contributed by atoms with van der Waals surface area (Å²) < 4.78 is 5.41. The Bertz CT molecular complexity index is 827. The van der Waals surface area contributed by atoms with Crippen molar-refractivity contribution in [2.24, 2.45) is 10.4 Å². The van der Waals surface area contributed by atoms with Gasteiger partial charge in [0.1, 0.15) is 5.76 Å². The minimum absolute atomic E-state index is 0.0113. The topological polar surface area (TPSA) is 78.7 Å². The highest BCUT2D eigenvalue weighted by molar-refractivity contribution is 5.83. The Kier molecular flexibility index (Phi) is 6.96. The number of rotatable bonds is 7. The van der Waals surface area contributed by atoms with Gasteiger partial charge in [0, 0.05) is 26.1 Å². The summed E-state index contributed by atoms with van der Waals surface area (Å²) in [6.45, 7) is 4.94. The fourth-order valence-corrected chi connectivity index (χ4v) is 3.61. The number of nitrogens with one attached hydrogen (secondary N) is 3. The lowest BCUT2D eigenvalue weighted by Crippen LogP contribution is -2.47. The SMILES string of the molecule is CNC(=O)C(C)(C)CN=C(NCCc1ccco1)NC1CCc2ccccc2C1. The van der Waals surface area contributed by atoms with Crippen LogP contribution in [-0.4, -0.2) is 38.0 Å². The summed E-state index contributed by atoms with van der Waals surface area (Å²) in [5, 5.41) is 9.71. The van der Waals surface area contributed by atoms with Crippen LogP contribution < -0.4 is 16.0 Å². The van der Waals surface area contributed by atoms with E-state index in [0.717, 1.165) is 37.4 Å². The van der Waals surface area contributed by atoms with Crippen LogP contribution in [0.1, 0.15) is 37.2 Å². The van der Waals surface area contributed by atoms with Crippen LogP contribution in [0.15, 0.2) is 52.1 Å². The van der Waals surface area contributed by atoms with E-state index in [2.05, 4.69) is 40.2 Å². The van der Waals surface area contributed by atoms with E-state index in [4.69, 9.17) is 9.41 Å². The average molecular weight is 397 g/mol. The number of aryl methyl sites for hydroxylation is 1. The quantitative estimate of drug-likeness (QED) is 0.497. The van der Waals surface area contributed by atoms with E-state index in [1.165, 1.54) is 11.1 Å². The predicted molar refractivity (Wildman–Crippen MR) is 116 cm³/mol. The normalized spacial score (nSPS) is 16.8. The van der Waals surface area contributed by atoms with Gasteiger partial charge in [0.2, 0.25) is 5.91 Å². The van der Waals surface area contributed by atoms with Gasteiger partial charge in [-0.2, -0.15) is 0 Å². The van der Waals surface area contributed by atoms with Gasteiger partial charge in [-0.05, 0) is 56.4 Å². The molecule has 1 aromatic carbocycles. The molecule has 1 amide bonds. The van der Waals surface area contributed by atoms with E-state index in [1.807, 2.05) is 26.0 Å². The molecule has 6 heteroatoms. The number of hydrogen-bond donors (Lipinski definition) is 3. The molecule has 1 heterocycles. The van der Waals surface area contributed by atoms with Crippen molar-refractivity contribution >= 4 is 11.9 Å². The molecule has 0 radical (unpaired) electrons. The molecule has 1 aromatic heterocycles. The summed E-state index contributed by atoms with van der Waals surface area (Å²) in [4.78, 5) is 16.8. The zero-order valence-corrected chi connectivity index (χ0v) is 17.6. The molecule has 1 aliphatic carbocycles. The molecule has 1 unspecified atom stereocenters. The largest absolute Gasteiger partial charge is 0.469 e. The summed E-state index contributed by atoms with van der Waals surface area (Å²) >= 11 is 0. The van der Waals surface area contributed by atoms with Gasteiger partial charge in [-0.25, -0.2) is 0 Å². The Morgan fingerprint density at radius 3 is 2.72 bits per heavy atom. The van der Waals surface area contributed by atoms with E-state index in [-0.39, 0.29) is 5.91 Å². The lowest BCUT2D eigenvalue weighted by atomic mass is 9.88. The molecule has 3 N–H and O–H groups in total. The molecule has 29 heavy (non-hydrogen) atoms. The highest BCUT2D eigenvalue weighted by Crippen LogP contribution is 2.21. The molecular formula is C23H32N4O2. The number of furan rings is 1. The molecule has 1 aliphatic rings. The van der Waals surface area contributed by atoms with E-state index in [0.29, 0.717) is 19.1 Å². The molecule has 0 saturated carbocycles. The van der Waals surface area contributed by atoms with Gasteiger partial charge in [0.15, 0.2) is 5.96 Å². The number of nitrogens with zero attached hydrogens (tertiary/aromatic N) is 1. The average Bonchev–Trinajstić information content (AvgIpc) is 3.24. The third-order valence-electron chi connectivity index (χ3n) is 5.41. The van der Waals surface area contributed by atoms with Crippen LogP contribution in [0, 0.1) is 5.41 Å². The number of aliphatic imine (C=N–C) groups is 1. The highest BCUT2D eigenvalue weighted by atomic mass is 16.3. The van der Waals surface area contributed by atoms with Crippen LogP contribution in [-0.2, 0) is 24.1 Å². The number of guanidine groups is 1. The molecule has 6 nitrogen and oxygen atoms in total. The van der Waals surface area contributed by atoms with Crippen LogP contribution in [0.5, 0.6) is 0 Å². The maximum Gasteiger partial charge on any atom is 0.227 e. The van der Waals surface area contributed by atoms with Crippen molar-refractivity contribution in [2.75, 3.05) is 20.1 Å². The zero-order chi connectivity index (χ0) is 20.7. The van der Waals surface area contributed by atoms with Gasteiger partial charge in [-0.3, -0.25) is 9.79 Å². The number of fused-ring (bicyclic) bond motifs is 1. The van der Waals surface area contributed by atoms with Crippen LogP contribution >= 0.6 is 0 Å². The Morgan fingerprint density at radius 1 is 1.21 bits per heavy atom.